The molecule has 3 nitrogen and oxygen atoms in total. The number of carbonyl (C=O) groups excluding carboxylic acids is 1. The van der Waals surface area contributed by atoms with Gasteiger partial charge in [-0.1, -0.05) is 36.4 Å². The van der Waals surface area contributed by atoms with Crippen molar-refractivity contribution in [3.05, 3.63) is 60.7 Å². The number of benzene rings is 2. The molecule has 1 amide bonds. The van der Waals surface area contributed by atoms with Gasteiger partial charge >= 0.3 is 0 Å². The molecule has 0 radical (unpaired) electrons. The number of nitrogens with one attached hydrogen (secondary N) is 1. The van der Waals surface area contributed by atoms with E-state index in [0.29, 0.717) is 13.2 Å². The summed E-state index contributed by atoms with van der Waals surface area (Å²) in [5.41, 5.74) is 0. The van der Waals surface area contributed by atoms with E-state index in [4.69, 9.17) is 4.74 Å². The SMILES string of the molecule is C[C@@H](Sc1ccccc1)C(=O)NCCOc1ccccc1. The van der Waals surface area contributed by atoms with Crippen LogP contribution in [-0.4, -0.2) is 24.3 Å². The van der Waals surface area contributed by atoms with E-state index < -0.39 is 0 Å². The predicted molar refractivity (Wildman–Crippen MR) is 86.7 cm³/mol. The summed E-state index contributed by atoms with van der Waals surface area (Å²) in [6, 6.07) is 19.5. The fraction of sp³-hybridized carbons (Fsp3) is 0.235. The van der Waals surface area contributed by atoms with Gasteiger partial charge in [0.05, 0.1) is 11.8 Å². The fourth-order valence-corrected chi connectivity index (χ4v) is 2.67. The summed E-state index contributed by atoms with van der Waals surface area (Å²) >= 11 is 1.55. The Kier molecular flexibility index (Phi) is 6.16. The van der Waals surface area contributed by atoms with E-state index in [2.05, 4.69) is 5.32 Å². The van der Waals surface area contributed by atoms with Crippen molar-refractivity contribution < 1.29 is 9.53 Å². The molecule has 0 saturated carbocycles. The van der Waals surface area contributed by atoms with E-state index >= 15 is 0 Å². The van der Waals surface area contributed by atoms with Crippen LogP contribution in [-0.2, 0) is 4.79 Å². The molecule has 21 heavy (non-hydrogen) atoms. The smallest absolute Gasteiger partial charge is 0.233 e. The highest BCUT2D eigenvalue weighted by Crippen LogP contribution is 2.22. The first-order chi connectivity index (χ1) is 10.3. The molecule has 0 bridgehead atoms. The maximum atomic E-state index is 12.0. The molecule has 2 rings (SSSR count). The van der Waals surface area contributed by atoms with Crippen LogP contribution in [0.15, 0.2) is 65.6 Å². The maximum absolute atomic E-state index is 12.0. The van der Waals surface area contributed by atoms with Crippen molar-refractivity contribution in [3.63, 3.8) is 0 Å². The summed E-state index contributed by atoms with van der Waals surface area (Å²) in [4.78, 5) is 13.1. The Morgan fingerprint density at radius 3 is 2.38 bits per heavy atom. The van der Waals surface area contributed by atoms with Gasteiger partial charge in [-0.25, -0.2) is 0 Å². The van der Waals surface area contributed by atoms with Gasteiger partial charge in [0.15, 0.2) is 0 Å². The summed E-state index contributed by atoms with van der Waals surface area (Å²) in [6.45, 7) is 2.89. The fourth-order valence-electron chi connectivity index (χ4n) is 1.76. The van der Waals surface area contributed by atoms with Crippen molar-refractivity contribution in [2.75, 3.05) is 13.2 Å². The molecule has 2 aromatic carbocycles. The lowest BCUT2D eigenvalue weighted by molar-refractivity contribution is -0.120. The summed E-state index contributed by atoms with van der Waals surface area (Å²) in [5.74, 6) is 0.846. The molecule has 0 spiro atoms. The summed E-state index contributed by atoms with van der Waals surface area (Å²) in [5, 5.41) is 2.77. The zero-order valence-electron chi connectivity index (χ0n) is 12.0. The average Bonchev–Trinajstić information content (AvgIpc) is 2.53. The molecular weight excluding hydrogens is 282 g/mol. The number of carbonyl (C=O) groups is 1. The van der Waals surface area contributed by atoms with Crippen molar-refractivity contribution in [2.45, 2.75) is 17.1 Å². The van der Waals surface area contributed by atoms with Crippen LogP contribution in [0.5, 0.6) is 5.75 Å². The topological polar surface area (TPSA) is 38.3 Å². The molecule has 1 atom stereocenters. The standard InChI is InChI=1S/C17H19NO2S/c1-14(21-16-10-6-3-7-11-16)17(19)18-12-13-20-15-8-4-2-5-9-15/h2-11,14H,12-13H2,1H3,(H,18,19)/t14-/m1/s1. The van der Waals surface area contributed by atoms with Gasteiger partial charge < -0.3 is 10.1 Å². The zero-order chi connectivity index (χ0) is 14.9. The molecule has 0 aromatic heterocycles. The van der Waals surface area contributed by atoms with E-state index in [1.54, 1.807) is 11.8 Å². The van der Waals surface area contributed by atoms with E-state index in [1.165, 1.54) is 0 Å². The minimum absolute atomic E-state index is 0.0283. The second-order valence-electron chi connectivity index (χ2n) is 4.53. The van der Waals surface area contributed by atoms with Gasteiger partial charge in [-0.05, 0) is 31.2 Å². The highest BCUT2D eigenvalue weighted by Gasteiger charge is 2.13. The van der Waals surface area contributed by atoms with Crippen LogP contribution in [0.25, 0.3) is 0 Å². The van der Waals surface area contributed by atoms with Crippen molar-refractivity contribution in [2.24, 2.45) is 0 Å². The molecule has 0 fully saturated rings. The van der Waals surface area contributed by atoms with Crippen LogP contribution in [0.4, 0.5) is 0 Å². The third-order valence-corrected chi connectivity index (χ3v) is 3.95. The number of rotatable bonds is 7. The third-order valence-electron chi connectivity index (χ3n) is 2.84. The van der Waals surface area contributed by atoms with Gasteiger partial charge in [0.1, 0.15) is 12.4 Å². The molecule has 110 valence electrons. The van der Waals surface area contributed by atoms with E-state index in [-0.39, 0.29) is 11.2 Å². The molecule has 0 aliphatic rings. The highest BCUT2D eigenvalue weighted by atomic mass is 32.2. The van der Waals surface area contributed by atoms with Crippen LogP contribution in [0.2, 0.25) is 0 Å². The second-order valence-corrected chi connectivity index (χ2v) is 5.94. The Morgan fingerprint density at radius 2 is 1.71 bits per heavy atom. The highest BCUT2D eigenvalue weighted by molar-refractivity contribution is 8.00. The van der Waals surface area contributed by atoms with Crippen LogP contribution >= 0.6 is 11.8 Å². The number of hydrogen-bond acceptors (Lipinski definition) is 3. The van der Waals surface area contributed by atoms with Crippen LogP contribution in [0, 0.1) is 0 Å². The molecule has 4 heteroatoms. The number of thioether (sulfide) groups is 1. The molecule has 0 aliphatic carbocycles. The van der Waals surface area contributed by atoms with Gasteiger partial charge in [-0.3, -0.25) is 4.79 Å². The molecule has 2 aromatic rings. The Labute approximate surface area is 129 Å². The van der Waals surface area contributed by atoms with Crippen molar-refractivity contribution in [1.29, 1.82) is 0 Å². The van der Waals surface area contributed by atoms with Gasteiger partial charge in [0, 0.05) is 4.90 Å². The summed E-state index contributed by atoms with van der Waals surface area (Å²) in [7, 11) is 0. The summed E-state index contributed by atoms with van der Waals surface area (Å²) in [6.07, 6.45) is 0. The Hall–Kier alpha value is -1.94. The molecule has 0 heterocycles. The lowest BCUT2D eigenvalue weighted by Gasteiger charge is -2.12. The largest absolute Gasteiger partial charge is 0.492 e. The van der Waals surface area contributed by atoms with Gasteiger partial charge in [0.25, 0.3) is 0 Å². The number of para-hydroxylation sites is 1. The zero-order valence-corrected chi connectivity index (χ0v) is 12.8. The maximum Gasteiger partial charge on any atom is 0.233 e. The Balaban J connectivity index is 1.67. The van der Waals surface area contributed by atoms with Crippen molar-refractivity contribution in [1.82, 2.24) is 5.32 Å². The lowest BCUT2D eigenvalue weighted by Crippen LogP contribution is -2.33. The molecule has 1 N–H and O–H groups in total. The second kappa shape index (κ2) is 8.37. The van der Waals surface area contributed by atoms with Crippen LogP contribution in [0.1, 0.15) is 6.92 Å². The van der Waals surface area contributed by atoms with Gasteiger partial charge in [-0.15, -0.1) is 11.8 Å². The number of amides is 1. The predicted octanol–water partition coefficient (Wildman–Crippen LogP) is 3.36. The van der Waals surface area contributed by atoms with Gasteiger partial charge in [0.2, 0.25) is 5.91 Å². The lowest BCUT2D eigenvalue weighted by atomic mass is 10.3. The molecule has 0 unspecified atom stereocenters. The monoisotopic (exact) mass is 301 g/mol. The third kappa shape index (κ3) is 5.52. The quantitative estimate of drug-likeness (QED) is 0.629. The van der Waals surface area contributed by atoms with Crippen LogP contribution in [0.3, 0.4) is 0 Å². The average molecular weight is 301 g/mol. The number of hydrogen-bond donors (Lipinski definition) is 1. The van der Waals surface area contributed by atoms with Crippen molar-refractivity contribution >= 4 is 17.7 Å². The molecule has 0 aliphatic heterocycles. The minimum atomic E-state index is -0.121. The summed E-state index contributed by atoms with van der Waals surface area (Å²) < 4.78 is 5.53. The van der Waals surface area contributed by atoms with Crippen LogP contribution < -0.4 is 10.1 Å². The minimum Gasteiger partial charge on any atom is -0.492 e. The Morgan fingerprint density at radius 1 is 1.10 bits per heavy atom. The first-order valence-corrected chi connectivity index (χ1v) is 7.81. The van der Waals surface area contributed by atoms with E-state index in [0.717, 1.165) is 10.6 Å². The first-order valence-electron chi connectivity index (χ1n) is 6.93. The molecule has 0 saturated heterocycles. The molecular formula is C17H19NO2S. The first kappa shape index (κ1) is 15.4. The van der Waals surface area contributed by atoms with Crippen molar-refractivity contribution in [3.8, 4) is 5.75 Å². The van der Waals surface area contributed by atoms with Gasteiger partial charge in [-0.2, -0.15) is 0 Å². The Bertz CT molecular complexity index is 545. The normalized spacial score (nSPS) is 11.7. The number of ether oxygens (including phenoxy) is 1. The van der Waals surface area contributed by atoms with E-state index in [9.17, 15) is 4.79 Å². The van der Waals surface area contributed by atoms with E-state index in [1.807, 2.05) is 67.6 Å².